The van der Waals surface area contributed by atoms with E-state index in [4.69, 9.17) is 4.74 Å². The van der Waals surface area contributed by atoms with Gasteiger partial charge in [0.1, 0.15) is 11.6 Å². The Bertz CT molecular complexity index is 1220. The summed E-state index contributed by atoms with van der Waals surface area (Å²) in [5, 5.41) is 2.67. The minimum Gasteiger partial charge on any atom is -0.449 e. The zero-order valence-electron chi connectivity index (χ0n) is 16.5. The predicted octanol–water partition coefficient (Wildman–Crippen LogP) is 4.12. The van der Waals surface area contributed by atoms with Crippen LogP contribution in [0.4, 0.5) is 5.82 Å². The van der Waals surface area contributed by atoms with Gasteiger partial charge in [0.25, 0.3) is 5.91 Å². The molecule has 30 heavy (non-hydrogen) atoms. The molecule has 0 bridgehead atoms. The predicted molar refractivity (Wildman–Crippen MR) is 114 cm³/mol. The first-order valence-electron chi connectivity index (χ1n) is 9.50. The van der Waals surface area contributed by atoms with Gasteiger partial charge in [-0.2, -0.15) is 0 Å². The Morgan fingerprint density at radius 3 is 2.63 bits per heavy atom. The monoisotopic (exact) mass is 400 g/mol. The van der Waals surface area contributed by atoms with Crippen molar-refractivity contribution < 1.29 is 14.3 Å². The normalized spacial score (nSPS) is 11.8. The summed E-state index contributed by atoms with van der Waals surface area (Å²) in [5.41, 5.74) is 3.56. The van der Waals surface area contributed by atoms with Crippen molar-refractivity contribution in [2.75, 3.05) is 5.32 Å². The van der Waals surface area contributed by atoms with Crippen LogP contribution in [0.15, 0.2) is 66.9 Å². The van der Waals surface area contributed by atoms with Crippen LogP contribution in [0.2, 0.25) is 0 Å². The van der Waals surface area contributed by atoms with Crippen molar-refractivity contribution in [1.82, 2.24) is 15.0 Å². The highest BCUT2D eigenvalue weighted by atomic mass is 16.5. The van der Waals surface area contributed by atoms with E-state index in [2.05, 4.69) is 20.3 Å². The fourth-order valence-corrected chi connectivity index (χ4v) is 2.99. The minimum atomic E-state index is -0.976. The zero-order valence-corrected chi connectivity index (χ0v) is 16.5. The quantitative estimate of drug-likeness (QED) is 0.491. The number of nitrogens with zero attached hydrogens (tertiary/aromatic N) is 2. The summed E-state index contributed by atoms with van der Waals surface area (Å²) in [4.78, 5) is 36.8. The summed E-state index contributed by atoms with van der Waals surface area (Å²) in [7, 11) is 0. The molecule has 0 aliphatic rings. The van der Waals surface area contributed by atoms with Gasteiger partial charge in [0.15, 0.2) is 6.10 Å². The van der Waals surface area contributed by atoms with Gasteiger partial charge in [-0.05, 0) is 43.7 Å². The first kappa shape index (κ1) is 19.3. The number of aromatic nitrogens is 3. The van der Waals surface area contributed by atoms with E-state index in [1.165, 1.54) is 6.92 Å². The van der Waals surface area contributed by atoms with E-state index in [0.29, 0.717) is 16.9 Å². The van der Waals surface area contributed by atoms with Gasteiger partial charge < -0.3 is 15.0 Å². The fourth-order valence-electron chi connectivity index (χ4n) is 2.99. The number of benzene rings is 2. The lowest BCUT2D eigenvalue weighted by molar-refractivity contribution is -0.123. The number of imidazole rings is 1. The van der Waals surface area contributed by atoms with Gasteiger partial charge in [-0.1, -0.05) is 36.4 Å². The van der Waals surface area contributed by atoms with Crippen molar-refractivity contribution in [2.24, 2.45) is 0 Å². The molecule has 0 saturated carbocycles. The number of rotatable bonds is 5. The Labute approximate surface area is 173 Å². The molecule has 7 nitrogen and oxygen atoms in total. The molecule has 0 saturated heterocycles. The SMILES string of the molecule is Cc1cccnc1NC(=O)C(C)OC(=O)c1ccc2nc(-c3ccccc3)[nH]c2c1. The van der Waals surface area contributed by atoms with Crippen LogP contribution in [-0.2, 0) is 9.53 Å². The number of amides is 1. The molecule has 0 aliphatic carbocycles. The highest BCUT2D eigenvalue weighted by Gasteiger charge is 2.20. The Balaban J connectivity index is 1.47. The number of carbonyl (C=O) groups excluding carboxylic acids is 2. The number of aryl methyl sites for hydroxylation is 1. The summed E-state index contributed by atoms with van der Waals surface area (Å²) < 4.78 is 5.34. The molecule has 4 rings (SSSR count). The highest BCUT2D eigenvalue weighted by Crippen LogP contribution is 2.21. The van der Waals surface area contributed by atoms with E-state index in [1.807, 2.05) is 43.3 Å². The second-order valence-corrected chi connectivity index (χ2v) is 6.89. The van der Waals surface area contributed by atoms with Crippen LogP contribution in [-0.4, -0.2) is 32.9 Å². The molecule has 2 aromatic heterocycles. The van der Waals surface area contributed by atoms with Crippen molar-refractivity contribution in [3.05, 3.63) is 78.0 Å². The molecule has 1 unspecified atom stereocenters. The molecule has 0 spiro atoms. The maximum atomic E-state index is 12.5. The topological polar surface area (TPSA) is 97.0 Å². The van der Waals surface area contributed by atoms with E-state index in [0.717, 1.165) is 22.5 Å². The number of fused-ring (bicyclic) bond motifs is 1. The third-order valence-corrected chi connectivity index (χ3v) is 4.67. The van der Waals surface area contributed by atoms with Gasteiger partial charge in [-0.3, -0.25) is 4.79 Å². The lowest BCUT2D eigenvalue weighted by Gasteiger charge is -2.14. The van der Waals surface area contributed by atoms with Crippen LogP contribution in [0.25, 0.3) is 22.4 Å². The molecule has 1 atom stereocenters. The number of anilines is 1. The average Bonchev–Trinajstić information content (AvgIpc) is 3.19. The second-order valence-electron chi connectivity index (χ2n) is 6.89. The summed E-state index contributed by atoms with van der Waals surface area (Å²) in [6.07, 6.45) is 0.610. The first-order valence-corrected chi connectivity index (χ1v) is 9.50. The Morgan fingerprint density at radius 2 is 1.87 bits per heavy atom. The number of hydrogen-bond donors (Lipinski definition) is 2. The van der Waals surface area contributed by atoms with E-state index >= 15 is 0 Å². The Morgan fingerprint density at radius 1 is 1.07 bits per heavy atom. The van der Waals surface area contributed by atoms with Gasteiger partial charge in [0.2, 0.25) is 0 Å². The van der Waals surface area contributed by atoms with Crippen LogP contribution in [0.3, 0.4) is 0 Å². The standard InChI is InChI=1S/C23H20N4O3/c1-14-7-6-12-24-20(14)27-22(28)15(2)30-23(29)17-10-11-18-19(13-17)26-21(25-18)16-8-4-3-5-9-16/h3-13,15H,1-2H3,(H,25,26)(H,24,27,28). The maximum Gasteiger partial charge on any atom is 0.338 e. The van der Waals surface area contributed by atoms with Crippen molar-refractivity contribution in [3.8, 4) is 11.4 Å². The lowest BCUT2D eigenvalue weighted by Crippen LogP contribution is -2.30. The number of hydrogen-bond acceptors (Lipinski definition) is 5. The first-order chi connectivity index (χ1) is 14.5. The number of esters is 1. The second kappa shape index (κ2) is 8.16. The summed E-state index contributed by atoms with van der Waals surface area (Å²) in [6.45, 7) is 3.36. The molecule has 1 amide bonds. The molecule has 7 heteroatoms. The highest BCUT2D eigenvalue weighted by molar-refractivity contribution is 5.98. The van der Waals surface area contributed by atoms with Gasteiger partial charge in [-0.25, -0.2) is 14.8 Å². The van der Waals surface area contributed by atoms with Crippen LogP contribution < -0.4 is 5.32 Å². The van der Waals surface area contributed by atoms with Crippen molar-refractivity contribution in [3.63, 3.8) is 0 Å². The summed E-state index contributed by atoms with van der Waals surface area (Å²) in [6, 6.07) is 18.4. The van der Waals surface area contributed by atoms with Crippen LogP contribution >= 0.6 is 0 Å². The molecule has 150 valence electrons. The lowest BCUT2D eigenvalue weighted by atomic mass is 10.2. The maximum absolute atomic E-state index is 12.5. The van der Waals surface area contributed by atoms with Gasteiger partial charge in [-0.15, -0.1) is 0 Å². The van der Waals surface area contributed by atoms with E-state index in [-0.39, 0.29) is 0 Å². The van der Waals surface area contributed by atoms with Crippen LogP contribution in [0, 0.1) is 6.92 Å². The fraction of sp³-hybridized carbons (Fsp3) is 0.130. The van der Waals surface area contributed by atoms with Gasteiger partial charge in [0.05, 0.1) is 16.6 Å². The van der Waals surface area contributed by atoms with E-state index < -0.39 is 18.0 Å². The molecular formula is C23H20N4O3. The number of ether oxygens (including phenoxy) is 1. The number of pyridine rings is 1. The van der Waals surface area contributed by atoms with E-state index in [1.54, 1.807) is 30.5 Å². The number of H-pyrrole nitrogens is 1. The molecule has 0 fully saturated rings. The zero-order chi connectivity index (χ0) is 21.1. The Hall–Kier alpha value is -4.00. The molecule has 2 aromatic carbocycles. The summed E-state index contributed by atoms with van der Waals surface area (Å²) in [5.74, 6) is 0.125. The number of nitrogens with one attached hydrogen (secondary N) is 2. The van der Waals surface area contributed by atoms with Crippen LogP contribution in [0.1, 0.15) is 22.8 Å². The molecule has 0 radical (unpaired) electrons. The summed E-state index contributed by atoms with van der Waals surface area (Å²) >= 11 is 0. The van der Waals surface area contributed by atoms with Crippen molar-refractivity contribution >= 4 is 28.7 Å². The van der Waals surface area contributed by atoms with Crippen molar-refractivity contribution in [2.45, 2.75) is 20.0 Å². The number of carbonyl (C=O) groups is 2. The number of aromatic amines is 1. The van der Waals surface area contributed by atoms with Crippen LogP contribution in [0.5, 0.6) is 0 Å². The van der Waals surface area contributed by atoms with E-state index in [9.17, 15) is 9.59 Å². The third kappa shape index (κ3) is 4.05. The van der Waals surface area contributed by atoms with Gasteiger partial charge in [0, 0.05) is 11.8 Å². The molecule has 0 aliphatic heterocycles. The Kier molecular flexibility index (Phi) is 5.26. The third-order valence-electron chi connectivity index (χ3n) is 4.67. The molecular weight excluding hydrogens is 380 g/mol. The molecule has 2 N–H and O–H groups in total. The smallest absolute Gasteiger partial charge is 0.338 e. The minimum absolute atomic E-state index is 0.333. The molecule has 2 heterocycles. The largest absolute Gasteiger partial charge is 0.449 e. The van der Waals surface area contributed by atoms with Crippen molar-refractivity contribution in [1.29, 1.82) is 0 Å². The average molecular weight is 400 g/mol. The van der Waals surface area contributed by atoms with Gasteiger partial charge >= 0.3 is 5.97 Å². The molecule has 4 aromatic rings.